The Hall–Kier alpha value is -2.88. The number of fused-ring (bicyclic) bond motifs is 8. The molecule has 3 atom stereocenters. The lowest BCUT2D eigenvalue weighted by Crippen LogP contribution is -2.50. The molecule has 4 nitrogen and oxygen atoms in total. The van der Waals surface area contributed by atoms with Crippen molar-refractivity contribution in [2.45, 2.75) is 52.1 Å². The zero-order chi connectivity index (χ0) is 20.7. The smallest absolute Gasteiger partial charge is 0.178 e. The van der Waals surface area contributed by atoms with E-state index in [1.54, 1.807) is 0 Å². The molecule has 0 radical (unpaired) electrons. The van der Waals surface area contributed by atoms with Crippen LogP contribution >= 0.6 is 0 Å². The van der Waals surface area contributed by atoms with Gasteiger partial charge in [-0.1, -0.05) is 64.1 Å². The molecule has 1 aliphatic carbocycles. The largest absolute Gasteiger partial charge is 0.301 e. The summed E-state index contributed by atoms with van der Waals surface area (Å²) in [6.07, 6.45) is 4.28. The Morgan fingerprint density at radius 1 is 0.967 bits per heavy atom. The van der Waals surface area contributed by atoms with Gasteiger partial charge in [-0.15, -0.1) is 0 Å². The van der Waals surface area contributed by atoms with E-state index in [0.29, 0.717) is 5.92 Å². The molecule has 0 amide bonds. The Kier molecular flexibility index (Phi) is 3.49. The van der Waals surface area contributed by atoms with Crippen LogP contribution in [0.25, 0.3) is 0 Å². The Labute approximate surface area is 178 Å². The van der Waals surface area contributed by atoms with Gasteiger partial charge in [-0.3, -0.25) is 0 Å². The first-order valence-corrected chi connectivity index (χ1v) is 11.0. The van der Waals surface area contributed by atoms with Gasteiger partial charge < -0.3 is 9.80 Å². The summed E-state index contributed by atoms with van der Waals surface area (Å²) in [7, 11) is 0. The van der Waals surface area contributed by atoms with Crippen LogP contribution in [0.2, 0.25) is 0 Å². The number of rotatable bonds is 3. The molecule has 1 saturated carbocycles. The molecule has 152 valence electrons. The van der Waals surface area contributed by atoms with Gasteiger partial charge in [0.1, 0.15) is 6.17 Å². The fourth-order valence-electron chi connectivity index (χ4n) is 5.89. The maximum atomic E-state index is 5.18. The molecule has 3 aliphatic rings. The highest BCUT2D eigenvalue weighted by Gasteiger charge is 2.73. The first-order chi connectivity index (χ1) is 14.4. The third-order valence-corrected chi connectivity index (χ3v) is 7.57. The maximum absolute atomic E-state index is 5.18. The minimum atomic E-state index is 0.137. The molecule has 3 heterocycles. The predicted octanol–water partition coefficient (Wildman–Crippen LogP) is 5.97. The minimum absolute atomic E-state index is 0.137. The Morgan fingerprint density at radius 2 is 1.70 bits per heavy atom. The SMILES string of the molecule is CC(C)Cc1cnc2c(n1)N1c3ccccc3C3(C)CC3(C)C1N2c1ccccc1. The van der Waals surface area contributed by atoms with Crippen LogP contribution in [0.5, 0.6) is 0 Å². The van der Waals surface area contributed by atoms with Crippen molar-refractivity contribution in [3.05, 3.63) is 72.1 Å². The monoisotopic (exact) mass is 396 g/mol. The van der Waals surface area contributed by atoms with Crippen molar-refractivity contribution in [3.63, 3.8) is 0 Å². The summed E-state index contributed by atoms with van der Waals surface area (Å²) in [5, 5.41) is 0. The third kappa shape index (κ3) is 2.17. The van der Waals surface area contributed by atoms with Gasteiger partial charge >= 0.3 is 0 Å². The first kappa shape index (κ1) is 17.9. The molecule has 1 aromatic heterocycles. The van der Waals surface area contributed by atoms with Gasteiger partial charge in [-0.2, -0.15) is 0 Å². The van der Waals surface area contributed by atoms with Crippen molar-refractivity contribution < 1.29 is 0 Å². The van der Waals surface area contributed by atoms with Crippen LogP contribution in [-0.4, -0.2) is 16.1 Å². The minimum Gasteiger partial charge on any atom is -0.301 e. The number of anilines is 4. The standard InChI is InChI=1S/C26H28N4/c1-17(2)14-18-15-27-22-23(28-18)30-21-13-9-8-12-20(21)25(3)16-26(25,4)24(30)29(22)19-10-6-5-7-11-19/h5-13,15,17,24H,14,16H2,1-4H3. The molecule has 3 unspecified atom stereocenters. The van der Waals surface area contributed by atoms with Crippen molar-refractivity contribution in [1.29, 1.82) is 0 Å². The van der Waals surface area contributed by atoms with Gasteiger partial charge in [0.15, 0.2) is 11.6 Å². The van der Waals surface area contributed by atoms with E-state index in [1.165, 1.54) is 23.4 Å². The van der Waals surface area contributed by atoms with Crippen LogP contribution in [0.1, 0.15) is 45.4 Å². The van der Waals surface area contributed by atoms with Gasteiger partial charge in [-0.05, 0) is 42.5 Å². The molecule has 0 saturated heterocycles. The highest BCUT2D eigenvalue weighted by Crippen LogP contribution is 2.74. The highest BCUT2D eigenvalue weighted by molar-refractivity contribution is 5.88. The van der Waals surface area contributed by atoms with Crippen LogP contribution in [0, 0.1) is 11.3 Å². The second-order valence-electron chi connectivity index (χ2n) is 10.00. The number of hydrogen-bond acceptors (Lipinski definition) is 4. The average molecular weight is 397 g/mol. The summed E-state index contributed by atoms with van der Waals surface area (Å²) >= 11 is 0. The number of nitrogens with zero attached hydrogens (tertiary/aromatic N) is 4. The van der Waals surface area contributed by atoms with E-state index >= 15 is 0 Å². The zero-order valence-electron chi connectivity index (χ0n) is 18.1. The lowest BCUT2D eigenvalue weighted by Gasteiger charge is -2.44. The number of hydrogen-bond donors (Lipinski definition) is 0. The molecular formula is C26H28N4. The van der Waals surface area contributed by atoms with E-state index in [0.717, 1.165) is 23.8 Å². The number of benzene rings is 2. The van der Waals surface area contributed by atoms with Gasteiger partial charge in [0.2, 0.25) is 0 Å². The summed E-state index contributed by atoms with van der Waals surface area (Å²) in [6.45, 7) is 9.35. The molecule has 2 aliphatic heterocycles. The van der Waals surface area contributed by atoms with E-state index in [9.17, 15) is 0 Å². The van der Waals surface area contributed by atoms with Crippen LogP contribution in [0.3, 0.4) is 0 Å². The molecule has 6 rings (SSSR count). The fraction of sp³-hybridized carbons (Fsp3) is 0.385. The molecule has 0 N–H and O–H groups in total. The van der Waals surface area contributed by atoms with Crippen molar-refractivity contribution in [3.8, 4) is 0 Å². The fourth-order valence-corrected chi connectivity index (χ4v) is 5.89. The molecule has 2 aromatic carbocycles. The average Bonchev–Trinajstić information content (AvgIpc) is 3.17. The van der Waals surface area contributed by atoms with Crippen LogP contribution < -0.4 is 9.80 Å². The van der Waals surface area contributed by atoms with E-state index in [4.69, 9.17) is 9.97 Å². The summed E-state index contributed by atoms with van der Waals surface area (Å²) in [6, 6.07) is 19.6. The summed E-state index contributed by atoms with van der Waals surface area (Å²) < 4.78 is 0. The molecular weight excluding hydrogens is 368 g/mol. The zero-order valence-corrected chi connectivity index (χ0v) is 18.1. The lowest BCUT2D eigenvalue weighted by molar-refractivity contribution is 0.371. The van der Waals surface area contributed by atoms with E-state index in [1.807, 2.05) is 6.20 Å². The van der Waals surface area contributed by atoms with E-state index in [2.05, 4.69) is 92.1 Å². The quantitative estimate of drug-likeness (QED) is 0.546. The summed E-state index contributed by atoms with van der Waals surface area (Å²) in [5.41, 5.74) is 5.31. The maximum Gasteiger partial charge on any atom is 0.178 e. The van der Waals surface area contributed by atoms with Gasteiger partial charge in [0.05, 0.1) is 11.9 Å². The summed E-state index contributed by atoms with van der Waals surface area (Å²) in [4.78, 5) is 15.1. The second-order valence-corrected chi connectivity index (χ2v) is 10.00. The molecule has 4 heteroatoms. The van der Waals surface area contributed by atoms with Crippen molar-refractivity contribution >= 4 is 23.0 Å². The second kappa shape index (κ2) is 5.84. The predicted molar refractivity (Wildman–Crippen MR) is 122 cm³/mol. The lowest BCUT2D eigenvalue weighted by atomic mass is 9.81. The number of aromatic nitrogens is 2. The molecule has 3 aromatic rings. The van der Waals surface area contributed by atoms with E-state index in [-0.39, 0.29) is 17.0 Å². The van der Waals surface area contributed by atoms with Crippen molar-refractivity contribution in [1.82, 2.24) is 9.97 Å². The van der Waals surface area contributed by atoms with E-state index < -0.39 is 0 Å². The van der Waals surface area contributed by atoms with Crippen molar-refractivity contribution in [2.24, 2.45) is 11.3 Å². The highest BCUT2D eigenvalue weighted by atomic mass is 15.5. The Bertz CT molecular complexity index is 1140. The molecule has 30 heavy (non-hydrogen) atoms. The Morgan fingerprint density at radius 3 is 2.47 bits per heavy atom. The van der Waals surface area contributed by atoms with Gasteiger partial charge in [-0.25, -0.2) is 9.97 Å². The molecule has 0 bridgehead atoms. The van der Waals surface area contributed by atoms with Gasteiger partial charge in [0, 0.05) is 22.2 Å². The first-order valence-electron chi connectivity index (χ1n) is 11.0. The Balaban J connectivity index is 1.61. The van der Waals surface area contributed by atoms with Crippen LogP contribution in [0.4, 0.5) is 23.0 Å². The summed E-state index contributed by atoms with van der Waals surface area (Å²) in [5.74, 6) is 2.54. The van der Waals surface area contributed by atoms with Crippen LogP contribution in [-0.2, 0) is 11.8 Å². The molecule has 1 fully saturated rings. The molecule has 0 spiro atoms. The van der Waals surface area contributed by atoms with Crippen LogP contribution in [0.15, 0.2) is 60.8 Å². The number of para-hydroxylation sites is 2. The normalized spacial score (nSPS) is 28.1. The third-order valence-electron chi connectivity index (χ3n) is 7.57. The van der Waals surface area contributed by atoms with Gasteiger partial charge in [0.25, 0.3) is 0 Å². The topological polar surface area (TPSA) is 32.3 Å². The van der Waals surface area contributed by atoms with Crippen molar-refractivity contribution in [2.75, 3.05) is 9.80 Å².